The van der Waals surface area contributed by atoms with E-state index in [1.165, 1.54) is 11.8 Å². The average Bonchev–Trinajstić information content (AvgIpc) is 3.38. The van der Waals surface area contributed by atoms with Crippen molar-refractivity contribution >= 4 is 57.6 Å². The molecule has 1 saturated carbocycles. The molecule has 3 aromatic carbocycles. The van der Waals surface area contributed by atoms with Crippen molar-refractivity contribution in [2.45, 2.75) is 36.2 Å². The number of benzene rings is 3. The van der Waals surface area contributed by atoms with Crippen molar-refractivity contribution in [3.05, 3.63) is 97.8 Å². The highest BCUT2D eigenvalue weighted by atomic mass is 35.5. The van der Waals surface area contributed by atoms with Crippen molar-refractivity contribution in [3.8, 4) is 0 Å². The minimum absolute atomic E-state index is 0.00270. The van der Waals surface area contributed by atoms with Gasteiger partial charge in [-0.2, -0.15) is 13.2 Å². The van der Waals surface area contributed by atoms with Gasteiger partial charge in [0, 0.05) is 22.1 Å². The first-order chi connectivity index (χ1) is 19.9. The number of aliphatic carboxylic acids is 1. The number of fused-ring (bicyclic) bond motifs is 1. The number of halogens is 5. The van der Waals surface area contributed by atoms with Gasteiger partial charge in [0.25, 0.3) is 5.56 Å². The lowest BCUT2D eigenvalue weighted by atomic mass is 9.84. The standard InChI is InChI=1S/C29H22Cl2F3N3O4S/c30-22-9-1-15(11-23(22)31)14-42-19-6-2-16(3-7-19)26(38)20-8-4-17(25(20)28(40)41)13-37-27(39)21-12-18(29(32,33)34)5-10-24(21)35-36-37/h1-3,5-7,9-12,17,20,25H,4,8,13-14H2,(H,40,41)/t17-,20-,25-/m0/s1. The molecule has 3 atom stereocenters. The number of carboxylic acid groups (broad SMARTS) is 1. The fourth-order valence-electron chi connectivity index (χ4n) is 5.27. The molecule has 0 amide bonds. The summed E-state index contributed by atoms with van der Waals surface area (Å²) >= 11 is 13.6. The van der Waals surface area contributed by atoms with Crippen LogP contribution in [0.2, 0.25) is 10.0 Å². The molecule has 218 valence electrons. The number of hydrogen-bond acceptors (Lipinski definition) is 6. The van der Waals surface area contributed by atoms with Crippen LogP contribution in [0.3, 0.4) is 0 Å². The molecule has 0 spiro atoms. The summed E-state index contributed by atoms with van der Waals surface area (Å²) in [5, 5.41) is 18.4. The van der Waals surface area contributed by atoms with E-state index in [2.05, 4.69) is 10.3 Å². The van der Waals surface area contributed by atoms with Gasteiger partial charge in [-0.05, 0) is 66.8 Å². The molecule has 1 N–H and O–H groups in total. The Labute approximate surface area is 251 Å². The summed E-state index contributed by atoms with van der Waals surface area (Å²) in [6.07, 6.45) is -4.05. The van der Waals surface area contributed by atoms with Gasteiger partial charge in [-0.3, -0.25) is 14.4 Å². The van der Waals surface area contributed by atoms with Crippen LogP contribution in [0.1, 0.15) is 34.3 Å². The van der Waals surface area contributed by atoms with Crippen molar-refractivity contribution in [2.24, 2.45) is 17.8 Å². The van der Waals surface area contributed by atoms with Gasteiger partial charge in [-0.15, -0.1) is 16.9 Å². The van der Waals surface area contributed by atoms with Crippen LogP contribution in [0.15, 0.2) is 70.4 Å². The third-order valence-electron chi connectivity index (χ3n) is 7.40. The van der Waals surface area contributed by atoms with E-state index in [-0.39, 0.29) is 29.7 Å². The lowest BCUT2D eigenvalue weighted by Gasteiger charge is -2.20. The first-order valence-electron chi connectivity index (χ1n) is 12.8. The Bertz CT molecular complexity index is 1730. The van der Waals surface area contributed by atoms with Gasteiger partial charge in [0.05, 0.1) is 33.5 Å². The first-order valence-corrected chi connectivity index (χ1v) is 14.5. The van der Waals surface area contributed by atoms with Gasteiger partial charge in [0.2, 0.25) is 0 Å². The van der Waals surface area contributed by atoms with E-state index in [9.17, 15) is 32.7 Å². The quantitative estimate of drug-likeness (QED) is 0.164. The predicted molar refractivity (Wildman–Crippen MR) is 153 cm³/mol. The van der Waals surface area contributed by atoms with Crippen LogP contribution in [0.5, 0.6) is 0 Å². The number of thioether (sulfide) groups is 1. The smallest absolute Gasteiger partial charge is 0.416 e. The van der Waals surface area contributed by atoms with Crippen LogP contribution in [0.25, 0.3) is 10.9 Å². The lowest BCUT2D eigenvalue weighted by molar-refractivity contribution is -0.144. The predicted octanol–water partition coefficient (Wildman–Crippen LogP) is 7.02. The topological polar surface area (TPSA) is 102 Å². The second kappa shape index (κ2) is 12.1. The number of alkyl halides is 3. The molecule has 0 saturated heterocycles. The Morgan fingerprint density at radius 1 is 1.00 bits per heavy atom. The number of carbonyl (C=O) groups is 2. The van der Waals surface area contributed by atoms with Crippen LogP contribution < -0.4 is 5.56 Å². The number of nitrogens with zero attached hydrogens (tertiary/aromatic N) is 3. The maximum atomic E-state index is 13.4. The Morgan fingerprint density at radius 3 is 2.40 bits per heavy atom. The number of hydrogen-bond donors (Lipinski definition) is 1. The van der Waals surface area contributed by atoms with Crippen LogP contribution in [-0.2, 0) is 23.3 Å². The number of aromatic nitrogens is 3. The molecule has 1 aromatic heterocycles. The molecule has 0 aliphatic heterocycles. The monoisotopic (exact) mass is 635 g/mol. The van der Waals surface area contributed by atoms with Gasteiger partial charge in [-0.25, -0.2) is 4.68 Å². The fourth-order valence-corrected chi connectivity index (χ4v) is 6.44. The summed E-state index contributed by atoms with van der Waals surface area (Å²) in [5.41, 5.74) is -0.462. The van der Waals surface area contributed by atoms with E-state index < -0.39 is 41.0 Å². The maximum absolute atomic E-state index is 13.4. The minimum Gasteiger partial charge on any atom is -0.481 e. The third kappa shape index (κ3) is 6.33. The van der Waals surface area contributed by atoms with Crippen molar-refractivity contribution in [3.63, 3.8) is 0 Å². The molecule has 0 radical (unpaired) electrons. The van der Waals surface area contributed by atoms with E-state index >= 15 is 0 Å². The van der Waals surface area contributed by atoms with Crippen LogP contribution in [-0.4, -0.2) is 31.9 Å². The van der Waals surface area contributed by atoms with Gasteiger partial charge in [0.15, 0.2) is 5.78 Å². The second-order valence-corrected chi connectivity index (χ2v) is 11.9. The molecule has 5 rings (SSSR count). The van der Waals surface area contributed by atoms with Crippen LogP contribution >= 0.6 is 35.0 Å². The highest BCUT2D eigenvalue weighted by Gasteiger charge is 2.45. The fraction of sp³-hybridized carbons (Fsp3) is 0.276. The highest BCUT2D eigenvalue weighted by Crippen LogP contribution is 2.40. The zero-order valence-corrected chi connectivity index (χ0v) is 24.0. The van der Waals surface area contributed by atoms with Crippen LogP contribution in [0, 0.1) is 17.8 Å². The summed E-state index contributed by atoms with van der Waals surface area (Å²) < 4.78 is 40.4. The molecule has 1 aliphatic rings. The van der Waals surface area contributed by atoms with Crippen molar-refractivity contribution < 1.29 is 27.9 Å². The SMILES string of the molecule is O=C(O)[C@H]1[C@H](Cn2nnc3ccc(C(F)(F)F)cc3c2=O)CC[C@@H]1C(=O)c1ccc(SCc2ccc(Cl)c(Cl)c2)cc1. The van der Waals surface area contributed by atoms with Crippen LogP contribution in [0.4, 0.5) is 13.2 Å². The number of carboxylic acids is 1. The van der Waals surface area contributed by atoms with Crippen molar-refractivity contribution in [1.82, 2.24) is 15.0 Å². The van der Waals surface area contributed by atoms with E-state index in [0.717, 1.165) is 27.3 Å². The summed E-state index contributed by atoms with van der Waals surface area (Å²) in [7, 11) is 0. The zero-order chi connectivity index (χ0) is 30.2. The first kappa shape index (κ1) is 30.1. The second-order valence-electron chi connectivity index (χ2n) is 10.0. The van der Waals surface area contributed by atoms with Crippen molar-refractivity contribution in [1.29, 1.82) is 0 Å². The lowest BCUT2D eigenvalue weighted by Crippen LogP contribution is -2.34. The number of Topliss-reactive ketones (excluding diaryl/α,β-unsaturated/α-hetero) is 1. The van der Waals surface area contributed by atoms with Gasteiger partial charge in [-0.1, -0.05) is 46.6 Å². The summed E-state index contributed by atoms with van der Waals surface area (Å²) in [6, 6.07) is 14.9. The molecule has 1 fully saturated rings. The number of carbonyl (C=O) groups excluding carboxylic acids is 1. The molecule has 7 nitrogen and oxygen atoms in total. The molecular formula is C29H22Cl2F3N3O4S. The molecular weight excluding hydrogens is 614 g/mol. The molecule has 1 heterocycles. The zero-order valence-electron chi connectivity index (χ0n) is 21.6. The summed E-state index contributed by atoms with van der Waals surface area (Å²) in [6.45, 7) is -0.191. The average molecular weight is 636 g/mol. The Morgan fingerprint density at radius 2 is 1.74 bits per heavy atom. The van der Waals surface area contributed by atoms with E-state index in [1.807, 2.05) is 6.07 Å². The third-order valence-corrected chi connectivity index (χ3v) is 9.22. The van der Waals surface area contributed by atoms with Crippen molar-refractivity contribution in [2.75, 3.05) is 0 Å². The largest absolute Gasteiger partial charge is 0.481 e. The van der Waals surface area contributed by atoms with E-state index in [1.54, 1.807) is 36.4 Å². The minimum atomic E-state index is -4.65. The molecule has 0 unspecified atom stereocenters. The number of rotatable bonds is 8. The van der Waals surface area contributed by atoms with Gasteiger partial charge in [0.1, 0.15) is 5.52 Å². The molecule has 13 heteroatoms. The number of ketones is 1. The summed E-state index contributed by atoms with van der Waals surface area (Å²) in [4.78, 5) is 39.6. The molecule has 1 aliphatic carbocycles. The molecule has 4 aromatic rings. The Hall–Kier alpha value is -3.41. The molecule has 42 heavy (non-hydrogen) atoms. The Balaban J connectivity index is 1.30. The Kier molecular flexibility index (Phi) is 8.63. The van der Waals surface area contributed by atoms with Gasteiger partial charge < -0.3 is 5.11 Å². The van der Waals surface area contributed by atoms with Gasteiger partial charge >= 0.3 is 12.1 Å². The highest BCUT2D eigenvalue weighted by molar-refractivity contribution is 7.98. The maximum Gasteiger partial charge on any atom is 0.416 e. The summed E-state index contributed by atoms with van der Waals surface area (Å²) in [5.74, 6) is -3.46. The normalized spacial score (nSPS) is 18.8. The van der Waals surface area contributed by atoms with E-state index in [4.69, 9.17) is 23.2 Å². The van der Waals surface area contributed by atoms with E-state index in [0.29, 0.717) is 33.8 Å². The molecule has 0 bridgehead atoms.